The lowest BCUT2D eigenvalue weighted by Crippen LogP contribution is -2.34. The summed E-state index contributed by atoms with van der Waals surface area (Å²) in [6.45, 7) is 4.42. The van der Waals surface area contributed by atoms with E-state index in [4.69, 9.17) is 11.6 Å². The molecule has 3 nitrogen and oxygen atoms in total. The normalized spacial score (nSPS) is 16.8. The molecule has 3 rings (SSSR count). The van der Waals surface area contributed by atoms with Crippen LogP contribution in [0.3, 0.4) is 0 Å². The fourth-order valence-electron chi connectivity index (χ4n) is 3.13. The number of anilines is 1. The van der Waals surface area contributed by atoms with Gasteiger partial charge in [0.15, 0.2) is 11.0 Å². The van der Waals surface area contributed by atoms with Crippen molar-refractivity contribution in [1.29, 1.82) is 0 Å². The fourth-order valence-corrected chi connectivity index (χ4v) is 3.33. The molecule has 1 saturated heterocycles. The number of nitrogens with zero attached hydrogens (tertiary/aromatic N) is 3. The smallest absolute Gasteiger partial charge is 0.159 e. The monoisotopic (exact) mass is 289 g/mol. The van der Waals surface area contributed by atoms with E-state index in [0.717, 1.165) is 35.6 Å². The second-order valence-electron chi connectivity index (χ2n) is 5.58. The third-order valence-electron chi connectivity index (χ3n) is 4.23. The van der Waals surface area contributed by atoms with Crippen LogP contribution in [0.15, 0.2) is 24.3 Å². The van der Waals surface area contributed by atoms with E-state index in [0.29, 0.717) is 5.15 Å². The minimum Gasteiger partial charge on any atom is -0.355 e. The molecular weight excluding hydrogens is 270 g/mol. The first-order valence-electron chi connectivity index (χ1n) is 7.45. The number of rotatable bonds is 3. The zero-order valence-corrected chi connectivity index (χ0v) is 12.6. The largest absolute Gasteiger partial charge is 0.355 e. The maximum Gasteiger partial charge on any atom is 0.159 e. The van der Waals surface area contributed by atoms with E-state index in [1.54, 1.807) is 0 Å². The topological polar surface area (TPSA) is 29.0 Å². The molecule has 0 spiro atoms. The number of aromatic nitrogens is 2. The van der Waals surface area contributed by atoms with Gasteiger partial charge in [-0.2, -0.15) is 0 Å². The van der Waals surface area contributed by atoms with Gasteiger partial charge in [-0.1, -0.05) is 55.6 Å². The molecule has 0 amide bonds. The first-order chi connectivity index (χ1) is 9.79. The van der Waals surface area contributed by atoms with Gasteiger partial charge in [0.25, 0.3) is 0 Å². The van der Waals surface area contributed by atoms with Crippen LogP contribution in [0.2, 0.25) is 5.15 Å². The van der Waals surface area contributed by atoms with Crippen molar-refractivity contribution in [3.05, 3.63) is 29.4 Å². The summed E-state index contributed by atoms with van der Waals surface area (Å²) in [5, 5.41) is 11.1. The Labute approximate surface area is 124 Å². The number of hydrogen-bond acceptors (Lipinski definition) is 3. The van der Waals surface area contributed by atoms with Crippen molar-refractivity contribution in [2.24, 2.45) is 5.92 Å². The van der Waals surface area contributed by atoms with Gasteiger partial charge >= 0.3 is 0 Å². The Morgan fingerprint density at radius 2 is 1.85 bits per heavy atom. The Bertz CT molecular complexity index is 591. The van der Waals surface area contributed by atoms with Crippen molar-refractivity contribution >= 4 is 28.2 Å². The van der Waals surface area contributed by atoms with Crippen LogP contribution in [0.1, 0.15) is 32.6 Å². The molecule has 0 aliphatic carbocycles. The minimum absolute atomic E-state index is 0.491. The number of fused-ring (bicyclic) bond motifs is 1. The zero-order valence-electron chi connectivity index (χ0n) is 11.8. The molecule has 1 fully saturated rings. The van der Waals surface area contributed by atoms with Crippen molar-refractivity contribution in [2.75, 3.05) is 18.0 Å². The predicted octanol–water partition coefficient (Wildman–Crippen LogP) is 4.30. The van der Waals surface area contributed by atoms with Crippen LogP contribution in [0.5, 0.6) is 0 Å². The lowest BCUT2D eigenvalue weighted by Gasteiger charge is -2.33. The molecule has 0 saturated carbocycles. The third kappa shape index (κ3) is 2.59. The van der Waals surface area contributed by atoms with E-state index < -0.39 is 0 Å². The maximum atomic E-state index is 6.14. The van der Waals surface area contributed by atoms with Crippen molar-refractivity contribution in [2.45, 2.75) is 32.6 Å². The second kappa shape index (κ2) is 5.96. The molecule has 0 unspecified atom stereocenters. The van der Waals surface area contributed by atoms with Crippen molar-refractivity contribution < 1.29 is 0 Å². The molecule has 1 aromatic heterocycles. The van der Waals surface area contributed by atoms with Gasteiger partial charge in [0.1, 0.15) is 0 Å². The van der Waals surface area contributed by atoms with Gasteiger partial charge in [-0.05, 0) is 18.8 Å². The lowest BCUT2D eigenvalue weighted by atomic mass is 9.92. The van der Waals surface area contributed by atoms with Gasteiger partial charge in [-0.3, -0.25) is 0 Å². The van der Waals surface area contributed by atoms with Gasteiger partial charge in [-0.25, -0.2) is 0 Å². The molecule has 0 N–H and O–H groups in total. The van der Waals surface area contributed by atoms with E-state index in [-0.39, 0.29) is 0 Å². The molecule has 0 atom stereocenters. The highest BCUT2D eigenvalue weighted by Gasteiger charge is 2.21. The molecule has 4 heteroatoms. The van der Waals surface area contributed by atoms with E-state index in [9.17, 15) is 0 Å². The van der Waals surface area contributed by atoms with E-state index in [1.165, 1.54) is 25.7 Å². The van der Waals surface area contributed by atoms with Crippen LogP contribution in [0, 0.1) is 5.92 Å². The van der Waals surface area contributed by atoms with Gasteiger partial charge < -0.3 is 4.90 Å². The predicted molar refractivity (Wildman–Crippen MR) is 84.4 cm³/mol. The molecular formula is C16H20ClN3. The molecule has 1 aliphatic heterocycles. The van der Waals surface area contributed by atoms with Gasteiger partial charge in [0, 0.05) is 23.9 Å². The molecule has 1 aliphatic rings. The molecule has 2 aromatic rings. The Balaban J connectivity index is 1.87. The van der Waals surface area contributed by atoms with Crippen LogP contribution < -0.4 is 4.90 Å². The summed E-state index contributed by atoms with van der Waals surface area (Å²) in [7, 11) is 0. The number of benzene rings is 1. The van der Waals surface area contributed by atoms with Crippen LogP contribution in [0.4, 0.5) is 5.82 Å². The maximum absolute atomic E-state index is 6.14. The molecule has 2 heterocycles. The highest BCUT2D eigenvalue weighted by atomic mass is 35.5. The van der Waals surface area contributed by atoms with Gasteiger partial charge in [0.05, 0.1) is 0 Å². The Kier molecular flexibility index (Phi) is 4.06. The lowest BCUT2D eigenvalue weighted by molar-refractivity contribution is 0.377. The minimum atomic E-state index is 0.491. The number of piperidine rings is 1. The quantitative estimate of drug-likeness (QED) is 0.843. The Hall–Kier alpha value is -1.35. The summed E-state index contributed by atoms with van der Waals surface area (Å²) in [6.07, 6.45) is 5.15. The van der Waals surface area contributed by atoms with Crippen molar-refractivity contribution in [1.82, 2.24) is 10.2 Å². The van der Waals surface area contributed by atoms with Crippen molar-refractivity contribution in [3.63, 3.8) is 0 Å². The summed E-state index contributed by atoms with van der Waals surface area (Å²) in [4.78, 5) is 2.36. The zero-order chi connectivity index (χ0) is 13.9. The van der Waals surface area contributed by atoms with E-state index in [2.05, 4.69) is 28.1 Å². The molecule has 0 radical (unpaired) electrons. The van der Waals surface area contributed by atoms with Crippen molar-refractivity contribution in [3.8, 4) is 0 Å². The first-order valence-corrected chi connectivity index (χ1v) is 7.83. The highest BCUT2D eigenvalue weighted by molar-refractivity contribution is 6.34. The molecule has 1 aromatic carbocycles. The molecule has 106 valence electrons. The average Bonchev–Trinajstić information content (AvgIpc) is 2.49. The fraction of sp³-hybridized carbons (Fsp3) is 0.500. The third-order valence-corrected chi connectivity index (χ3v) is 4.51. The van der Waals surface area contributed by atoms with Crippen LogP contribution in [-0.4, -0.2) is 23.3 Å². The Morgan fingerprint density at radius 3 is 2.55 bits per heavy atom. The number of hydrogen-bond donors (Lipinski definition) is 0. The summed E-state index contributed by atoms with van der Waals surface area (Å²) >= 11 is 6.14. The standard InChI is InChI=1S/C16H20ClN3/c1-2-5-12-8-10-20(11-9-12)16-14-7-4-3-6-13(14)15(17)18-19-16/h3-4,6-7,12H,2,5,8-11H2,1H3. The average molecular weight is 290 g/mol. The summed E-state index contributed by atoms with van der Waals surface area (Å²) in [5.41, 5.74) is 0. The summed E-state index contributed by atoms with van der Waals surface area (Å²) < 4.78 is 0. The number of halogens is 1. The summed E-state index contributed by atoms with van der Waals surface area (Å²) in [6, 6.07) is 8.13. The summed E-state index contributed by atoms with van der Waals surface area (Å²) in [5.74, 6) is 1.86. The van der Waals surface area contributed by atoms with Crippen LogP contribution >= 0.6 is 11.6 Å². The first kappa shape index (κ1) is 13.6. The molecule has 0 bridgehead atoms. The SMILES string of the molecule is CCCC1CCN(c2nnc(Cl)c3ccccc23)CC1. The van der Waals surface area contributed by atoms with Gasteiger partial charge in [0.2, 0.25) is 0 Å². The Morgan fingerprint density at radius 1 is 1.15 bits per heavy atom. The second-order valence-corrected chi connectivity index (χ2v) is 5.94. The van der Waals surface area contributed by atoms with Crippen LogP contribution in [-0.2, 0) is 0 Å². The molecule has 20 heavy (non-hydrogen) atoms. The van der Waals surface area contributed by atoms with E-state index >= 15 is 0 Å². The van der Waals surface area contributed by atoms with E-state index in [1.807, 2.05) is 18.2 Å². The highest BCUT2D eigenvalue weighted by Crippen LogP contribution is 2.31. The van der Waals surface area contributed by atoms with Gasteiger partial charge in [-0.15, -0.1) is 10.2 Å². The van der Waals surface area contributed by atoms with Crippen LogP contribution in [0.25, 0.3) is 10.8 Å².